The first kappa shape index (κ1) is 28.4. The molecule has 0 aliphatic carbocycles. The van der Waals surface area contributed by atoms with E-state index in [1.165, 1.54) is 12.0 Å². The summed E-state index contributed by atoms with van der Waals surface area (Å²) in [7, 11) is 1.40. The minimum atomic E-state index is -1.30. The van der Waals surface area contributed by atoms with Crippen LogP contribution in [0.25, 0.3) is 0 Å². The lowest BCUT2D eigenvalue weighted by Crippen LogP contribution is -2.64. The zero-order chi connectivity index (χ0) is 28.4. The van der Waals surface area contributed by atoms with Crippen LogP contribution in [0.5, 0.6) is 0 Å². The van der Waals surface area contributed by atoms with Crippen LogP contribution in [0.4, 0.5) is 0 Å². The van der Waals surface area contributed by atoms with Crippen molar-refractivity contribution in [2.45, 2.75) is 61.9 Å². The molecule has 4 N–H and O–H groups in total. The van der Waals surface area contributed by atoms with Crippen molar-refractivity contribution in [3.05, 3.63) is 35.9 Å². The summed E-state index contributed by atoms with van der Waals surface area (Å²) in [4.78, 5) is 58.0. The smallest absolute Gasteiger partial charge is 0.249 e. The van der Waals surface area contributed by atoms with Gasteiger partial charge in [0.1, 0.15) is 31.0 Å². The molecule has 40 heavy (non-hydrogen) atoms. The number of rotatable bonds is 4. The van der Waals surface area contributed by atoms with Crippen LogP contribution in [0.15, 0.2) is 30.3 Å². The Bertz CT molecular complexity index is 1110. The lowest BCUT2D eigenvalue weighted by molar-refractivity contribution is -0.152. The third-order valence-electron chi connectivity index (χ3n) is 8.19. The minimum absolute atomic E-state index is 0.00779. The van der Waals surface area contributed by atoms with Crippen LogP contribution >= 0.6 is 0 Å². The number of aliphatic hydroxyl groups excluding tert-OH is 2. The molecule has 13 nitrogen and oxygen atoms in total. The molecule has 5 rings (SSSR count). The molecule has 4 saturated heterocycles. The number of methoxy groups -OCH3 is 1. The highest BCUT2D eigenvalue weighted by atomic mass is 16.5. The molecular formula is C27H37N5O8. The molecule has 4 heterocycles. The van der Waals surface area contributed by atoms with E-state index in [0.717, 1.165) is 5.56 Å². The Labute approximate surface area is 232 Å². The molecule has 0 aromatic heterocycles. The third-order valence-corrected chi connectivity index (χ3v) is 8.19. The summed E-state index contributed by atoms with van der Waals surface area (Å²) in [6, 6.07) is 7.90. The maximum atomic E-state index is 13.9. The van der Waals surface area contributed by atoms with E-state index in [1.54, 1.807) is 4.90 Å². The summed E-state index contributed by atoms with van der Waals surface area (Å²) >= 11 is 0. The normalized spacial score (nSPS) is 33.6. The number of carbonyl (C=O) groups excluding carboxylic acids is 4. The van der Waals surface area contributed by atoms with E-state index in [0.29, 0.717) is 19.5 Å². The van der Waals surface area contributed by atoms with Crippen molar-refractivity contribution in [1.29, 1.82) is 0 Å². The number of benzene rings is 1. The average Bonchev–Trinajstić information content (AvgIpc) is 3.46. The summed E-state index contributed by atoms with van der Waals surface area (Å²) in [5.74, 6) is -1.39. The number of likely N-dealkylation sites (tertiary alicyclic amines) is 1. The monoisotopic (exact) mass is 559 g/mol. The SMILES string of the molecule is COCC(=O)N1CCN2C[C@H]1C(=O)NC[C@H]1O[C@@H](CC(=O)N[C@H]3C[C@@H](C2=O)N(Cc2ccccc2)C3)[C@H](O)[C@@H]1O. The van der Waals surface area contributed by atoms with Crippen LogP contribution in [0, 0.1) is 0 Å². The molecule has 4 aliphatic heterocycles. The second-order valence-electron chi connectivity index (χ2n) is 10.9. The predicted octanol–water partition coefficient (Wildman–Crippen LogP) is -2.56. The van der Waals surface area contributed by atoms with Gasteiger partial charge in [0, 0.05) is 45.9 Å². The molecule has 0 radical (unpaired) electrons. The van der Waals surface area contributed by atoms with Crippen molar-refractivity contribution in [3.8, 4) is 0 Å². The second kappa shape index (κ2) is 12.2. The fourth-order valence-corrected chi connectivity index (χ4v) is 6.13. The van der Waals surface area contributed by atoms with Crippen molar-refractivity contribution < 1.29 is 38.9 Å². The Kier molecular flexibility index (Phi) is 8.66. The number of nitrogens with zero attached hydrogens (tertiary/aromatic N) is 3. The average molecular weight is 560 g/mol. The Morgan fingerprint density at radius 3 is 2.55 bits per heavy atom. The van der Waals surface area contributed by atoms with Gasteiger partial charge in [-0.3, -0.25) is 24.1 Å². The third kappa shape index (κ3) is 5.98. The van der Waals surface area contributed by atoms with Crippen molar-refractivity contribution >= 4 is 23.6 Å². The van der Waals surface area contributed by atoms with E-state index in [4.69, 9.17) is 9.47 Å². The number of aliphatic hydroxyl groups is 2. The van der Waals surface area contributed by atoms with Gasteiger partial charge in [-0.25, -0.2) is 0 Å². The Hall–Kier alpha value is -3.10. The van der Waals surface area contributed by atoms with E-state index >= 15 is 0 Å². The maximum absolute atomic E-state index is 13.9. The van der Waals surface area contributed by atoms with E-state index in [-0.39, 0.29) is 63.0 Å². The summed E-state index contributed by atoms with van der Waals surface area (Å²) in [6.07, 6.45) is -4.30. The lowest BCUT2D eigenvalue weighted by atomic mass is 10.0. The van der Waals surface area contributed by atoms with Gasteiger partial charge in [0.25, 0.3) is 0 Å². The molecule has 218 valence electrons. The van der Waals surface area contributed by atoms with E-state index in [2.05, 4.69) is 10.6 Å². The fourth-order valence-electron chi connectivity index (χ4n) is 6.13. The Morgan fingerprint density at radius 1 is 1.05 bits per heavy atom. The Balaban J connectivity index is 1.43. The summed E-state index contributed by atoms with van der Waals surface area (Å²) < 4.78 is 10.8. The van der Waals surface area contributed by atoms with Gasteiger partial charge >= 0.3 is 0 Å². The number of piperazine rings is 1. The van der Waals surface area contributed by atoms with Gasteiger partial charge in [0.2, 0.25) is 23.6 Å². The maximum Gasteiger partial charge on any atom is 0.249 e. The quantitative estimate of drug-likeness (QED) is 0.311. The summed E-state index contributed by atoms with van der Waals surface area (Å²) in [6.45, 7) is 0.994. The molecule has 0 spiro atoms. The van der Waals surface area contributed by atoms with Gasteiger partial charge in [-0.2, -0.15) is 0 Å². The molecule has 4 fully saturated rings. The second-order valence-corrected chi connectivity index (χ2v) is 10.9. The van der Waals surface area contributed by atoms with Crippen molar-refractivity contribution in [3.63, 3.8) is 0 Å². The van der Waals surface area contributed by atoms with Crippen molar-refractivity contribution in [2.24, 2.45) is 0 Å². The number of carbonyl (C=O) groups is 4. The highest BCUT2D eigenvalue weighted by molar-refractivity contribution is 5.90. The minimum Gasteiger partial charge on any atom is -0.388 e. The van der Waals surface area contributed by atoms with Gasteiger partial charge < -0.3 is 40.1 Å². The fraction of sp³-hybridized carbons (Fsp3) is 0.630. The number of amides is 4. The van der Waals surface area contributed by atoms with E-state index < -0.39 is 42.4 Å². The zero-order valence-electron chi connectivity index (χ0n) is 22.5. The van der Waals surface area contributed by atoms with Gasteiger partial charge in [0.15, 0.2) is 0 Å². The first-order valence-corrected chi connectivity index (χ1v) is 13.7. The van der Waals surface area contributed by atoms with Gasteiger partial charge in [-0.15, -0.1) is 0 Å². The topological polar surface area (TPSA) is 161 Å². The molecule has 0 unspecified atom stereocenters. The standard InChI is InChI=1S/C27H37N5O8/c1-39-15-23(34)32-8-7-30-14-19(32)26(37)28-11-21-25(36)24(35)20(40-21)10-22(33)29-17-9-18(27(30)38)31(13-17)12-16-5-3-2-4-6-16/h2-6,17-21,24-25,35-36H,7-15H2,1H3,(H,28,37)(H,29,33)/t17-,18-,19-,20-,21+,24-,25+/m0/s1. The van der Waals surface area contributed by atoms with E-state index in [1.807, 2.05) is 35.2 Å². The molecule has 6 bridgehead atoms. The van der Waals surface area contributed by atoms with Crippen LogP contribution < -0.4 is 10.6 Å². The van der Waals surface area contributed by atoms with Crippen molar-refractivity contribution in [1.82, 2.24) is 25.3 Å². The molecule has 7 atom stereocenters. The molecule has 1 aromatic carbocycles. The molecule has 13 heteroatoms. The van der Waals surface area contributed by atoms with Crippen LogP contribution in [-0.2, 0) is 35.2 Å². The van der Waals surface area contributed by atoms with Gasteiger partial charge in [0.05, 0.1) is 25.1 Å². The summed E-state index contributed by atoms with van der Waals surface area (Å²) in [5, 5.41) is 26.7. The number of ether oxygens (including phenoxy) is 2. The molecule has 1 aromatic rings. The van der Waals surface area contributed by atoms with Crippen LogP contribution in [0.1, 0.15) is 18.4 Å². The molecule has 4 aliphatic rings. The number of fused-ring (bicyclic) bond motifs is 6. The van der Waals surface area contributed by atoms with E-state index in [9.17, 15) is 29.4 Å². The van der Waals surface area contributed by atoms with Crippen LogP contribution in [0.3, 0.4) is 0 Å². The summed E-state index contributed by atoms with van der Waals surface area (Å²) in [5.41, 5.74) is 1.02. The number of nitrogens with one attached hydrogen (secondary N) is 2. The largest absolute Gasteiger partial charge is 0.388 e. The Morgan fingerprint density at radius 2 is 1.80 bits per heavy atom. The zero-order valence-corrected chi connectivity index (χ0v) is 22.5. The molecule has 0 saturated carbocycles. The highest BCUT2D eigenvalue weighted by Gasteiger charge is 2.46. The van der Waals surface area contributed by atoms with Crippen LogP contribution in [-0.4, -0.2) is 138 Å². The highest BCUT2D eigenvalue weighted by Crippen LogP contribution is 2.27. The first-order chi connectivity index (χ1) is 19.2. The van der Waals surface area contributed by atoms with Crippen LogP contribution in [0.2, 0.25) is 0 Å². The molecule has 4 amide bonds. The number of hydrogen-bond acceptors (Lipinski definition) is 9. The van der Waals surface area contributed by atoms with Crippen molar-refractivity contribution in [2.75, 3.05) is 46.4 Å². The van der Waals surface area contributed by atoms with Gasteiger partial charge in [-0.1, -0.05) is 30.3 Å². The first-order valence-electron chi connectivity index (χ1n) is 13.7. The molecular weight excluding hydrogens is 522 g/mol. The van der Waals surface area contributed by atoms with Gasteiger partial charge in [-0.05, 0) is 12.0 Å². The number of hydrogen-bond donors (Lipinski definition) is 4. The predicted molar refractivity (Wildman–Crippen MR) is 139 cm³/mol. The lowest BCUT2D eigenvalue weighted by Gasteiger charge is -2.42.